The van der Waals surface area contributed by atoms with E-state index in [0.717, 1.165) is 11.3 Å². The van der Waals surface area contributed by atoms with Crippen LogP contribution in [0, 0.1) is 5.92 Å². The molecule has 2 aromatic rings. The van der Waals surface area contributed by atoms with E-state index in [9.17, 15) is 13.2 Å². The van der Waals surface area contributed by atoms with Gasteiger partial charge in [-0.2, -0.15) is 4.31 Å². The topological polar surface area (TPSA) is 66.9 Å². The minimum atomic E-state index is -3.49. The first kappa shape index (κ1) is 21.3. The van der Waals surface area contributed by atoms with Gasteiger partial charge in [0, 0.05) is 32.6 Å². The molecule has 0 bridgehead atoms. The number of hydrogen-bond donors (Lipinski definition) is 0. The van der Waals surface area contributed by atoms with E-state index in [1.807, 2.05) is 31.2 Å². The zero-order valence-corrected chi connectivity index (χ0v) is 17.8. The summed E-state index contributed by atoms with van der Waals surface area (Å²) >= 11 is 0. The number of hydrogen-bond acceptors (Lipinski definition) is 4. The summed E-state index contributed by atoms with van der Waals surface area (Å²) < 4.78 is 32.4. The maximum Gasteiger partial charge on any atom is 0.243 e. The Morgan fingerprint density at radius 2 is 1.69 bits per heavy atom. The molecule has 1 fully saturated rings. The third-order valence-electron chi connectivity index (χ3n) is 5.21. The lowest BCUT2D eigenvalue weighted by molar-refractivity contribution is -0.135. The average Bonchev–Trinajstić information content (AvgIpc) is 2.75. The number of amides is 1. The Morgan fingerprint density at radius 1 is 1.07 bits per heavy atom. The fourth-order valence-electron chi connectivity index (χ4n) is 3.61. The van der Waals surface area contributed by atoms with Crippen molar-refractivity contribution in [3.8, 4) is 5.75 Å². The highest BCUT2D eigenvalue weighted by atomic mass is 32.2. The summed E-state index contributed by atoms with van der Waals surface area (Å²) in [4.78, 5) is 14.9. The molecule has 0 saturated carbocycles. The largest absolute Gasteiger partial charge is 0.494 e. The highest BCUT2D eigenvalue weighted by Gasteiger charge is 2.33. The second kappa shape index (κ2) is 9.41. The monoisotopic (exact) mass is 416 g/mol. The highest BCUT2D eigenvalue weighted by Crippen LogP contribution is 2.25. The van der Waals surface area contributed by atoms with Crippen LogP contribution < -0.4 is 4.74 Å². The number of ether oxygens (including phenoxy) is 1. The summed E-state index contributed by atoms with van der Waals surface area (Å²) in [6.07, 6.45) is 1.08. The Hall–Kier alpha value is -2.38. The maximum absolute atomic E-state index is 12.8. The van der Waals surface area contributed by atoms with Crippen molar-refractivity contribution in [1.82, 2.24) is 9.21 Å². The van der Waals surface area contributed by atoms with Gasteiger partial charge in [-0.1, -0.05) is 30.3 Å². The van der Waals surface area contributed by atoms with E-state index in [4.69, 9.17) is 4.74 Å². The molecule has 1 heterocycles. The summed E-state index contributed by atoms with van der Waals surface area (Å²) in [5, 5.41) is 0. The van der Waals surface area contributed by atoms with Crippen LogP contribution in [-0.4, -0.2) is 50.3 Å². The van der Waals surface area contributed by atoms with Crippen molar-refractivity contribution in [3.63, 3.8) is 0 Å². The summed E-state index contributed by atoms with van der Waals surface area (Å²) in [7, 11) is -1.69. The molecule has 0 atom stereocenters. The Balaban J connectivity index is 1.55. The molecule has 0 aromatic heterocycles. The highest BCUT2D eigenvalue weighted by molar-refractivity contribution is 7.89. The van der Waals surface area contributed by atoms with Crippen molar-refractivity contribution in [2.24, 2.45) is 5.92 Å². The van der Waals surface area contributed by atoms with Gasteiger partial charge >= 0.3 is 0 Å². The van der Waals surface area contributed by atoms with Crippen LogP contribution in [0.25, 0.3) is 0 Å². The van der Waals surface area contributed by atoms with Gasteiger partial charge in [-0.15, -0.1) is 0 Å². The lowest BCUT2D eigenvalue weighted by Gasteiger charge is -2.32. The van der Waals surface area contributed by atoms with Crippen molar-refractivity contribution in [2.75, 3.05) is 26.7 Å². The standard InChI is InChI=1S/C22H28N2O4S/c1-3-28-20-11-9-18(10-12-20)17-23(2)22(25)19-13-15-24(16-14-19)29(26,27)21-7-5-4-6-8-21/h4-12,19H,3,13-17H2,1-2H3. The van der Waals surface area contributed by atoms with Gasteiger partial charge in [0.2, 0.25) is 15.9 Å². The van der Waals surface area contributed by atoms with Crippen LogP contribution in [0.5, 0.6) is 5.75 Å². The molecule has 1 saturated heterocycles. The van der Waals surface area contributed by atoms with Gasteiger partial charge < -0.3 is 9.64 Å². The van der Waals surface area contributed by atoms with E-state index in [0.29, 0.717) is 44.0 Å². The van der Waals surface area contributed by atoms with E-state index >= 15 is 0 Å². The van der Waals surface area contributed by atoms with Gasteiger partial charge in [0.25, 0.3) is 0 Å². The number of rotatable bonds is 7. The number of carbonyl (C=O) groups is 1. The Labute approximate surface area is 173 Å². The number of piperidine rings is 1. The van der Waals surface area contributed by atoms with Crippen LogP contribution in [0.4, 0.5) is 0 Å². The number of carbonyl (C=O) groups excluding carboxylic acids is 1. The van der Waals surface area contributed by atoms with Crippen LogP contribution in [-0.2, 0) is 21.4 Å². The molecule has 3 rings (SSSR count). The molecule has 0 unspecified atom stereocenters. The van der Waals surface area contributed by atoms with Crippen LogP contribution in [0.15, 0.2) is 59.5 Å². The van der Waals surface area contributed by atoms with Crippen molar-refractivity contribution in [1.29, 1.82) is 0 Å². The predicted molar refractivity (Wildman–Crippen MR) is 112 cm³/mol. The van der Waals surface area contributed by atoms with Gasteiger partial charge in [0.05, 0.1) is 11.5 Å². The normalized spacial score (nSPS) is 15.8. The van der Waals surface area contributed by atoms with E-state index in [1.54, 1.807) is 42.3 Å². The van der Waals surface area contributed by atoms with Gasteiger partial charge in [-0.25, -0.2) is 8.42 Å². The molecule has 1 aliphatic heterocycles. The summed E-state index contributed by atoms with van der Waals surface area (Å²) in [6, 6.07) is 16.2. The Morgan fingerprint density at radius 3 is 2.28 bits per heavy atom. The van der Waals surface area contributed by atoms with Crippen LogP contribution in [0.1, 0.15) is 25.3 Å². The average molecular weight is 417 g/mol. The minimum absolute atomic E-state index is 0.0654. The van der Waals surface area contributed by atoms with Crippen molar-refractivity contribution >= 4 is 15.9 Å². The molecule has 7 heteroatoms. The third-order valence-corrected chi connectivity index (χ3v) is 7.13. The molecule has 0 N–H and O–H groups in total. The number of nitrogens with zero attached hydrogens (tertiary/aromatic N) is 2. The van der Waals surface area contributed by atoms with Crippen molar-refractivity contribution in [3.05, 3.63) is 60.2 Å². The zero-order chi connectivity index (χ0) is 20.9. The van der Waals surface area contributed by atoms with E-state index in [1.165, 1.54) is 4.31 Å². The van der Waals surface area contributed by atoms with E-state index < -0.39 is 10.0 Å². The molecule has 0 radical (unpaired) electrons. The first-order valence-corrected chi connectivity index (χ1v) is 11.4. The smallest absolute Gasteiger partial charge is 0.243 e. The van der Waals surface area contributed by atoms with E-state index in [2.05, 4.69) is 0 Å². The molecule has 0 spiro atoms. The lowest BCUT2D eigenvalue weighted by Crippen LogP contribution is -2.43. The molecule has 0 aliphatic carbocycles. The predicted octanol–water partition coefficient (Wildman–Crippen LogP) is 3.14. The second-order valence-corrected chi connectivity index (χ2v) is 9.20. The van der Waals surface area contributed by atoms with Crippen LogP contribution >= 0.6 is 0 Å². The first-order valence-electron chi connectivity index (χ1n) is 9.93. The molecule has 1 aliphatic rings. The lowest BCUT2D eigenvalue weighted by atomic mass is 9.96. The molecule has 1 amide bonds. The number of benzene rings is 2. The molecule has 29 heavy (non-hydrogen) atoms. The summed E-state index contributed by atoms with van der Waals surface area (Å²) in [6.45, 7) is 3.82. The Bertz CT molecular complexity index is 906. The molecular formula is C22H28N2O4S. The molecule has 6 nitrogen and oxygen atoms in total. The van der Waals surface area contributed by atoms with E-state index in [-0.39, 0.29) is 11.8 Å². The fourth-order valence-corrected chi connectivity index (χ4v) is 5.10. The van der Waals surface area contributed by atoms with Gasteiger partial charge in [-0.05, 0) is 49.6 Å². The summed E-state index contributed by atoms with van der Waals surface area (Å²) in [5.74, 6) is 0.734. The first-order chi connectivity index (χ1) is 13.9. The second-order valence-electron chi connectivity index (χ2n) is 7.26. The summed E-state index contributed by atoms with van der Waals surface area (Å²) in [5.41, 5.74) is 1.04. The Kier molecular flexibility index (Phi) is 6.92. The molecule has 2 aromatic carbocycles. The van der Waals surface area contributed by atoms with Crippen LogP contribution in [0.2, 0.25) is 0 Å². The quantitative estimate of drug-likeness (QED) is 0.695. The maximum atomic E-state index is 12.8. The van der Waals surface area contributed by atoms with Crippen LogP contribution in [0.3, 0.4) is 0 Å². The van der Waals surface area contributed by atoms with Crippen molar-refractivity contribution < 1.29 is 17.9 Å². The minimum Gasteiger partial charge on any atom is -0.494 e. The SMILES string of the molecule is CCOc1ccc(CN(C)C(=O)C2CCN(S(=O)(=O)c3ccccc3)CC2)cc1. The fraction of sp³-hybridized carbons (Fsp3) is 0.409. The number of sulfonamides is 1. The van der Waals surface area contributed by atoms with Gasteiger partial charge in [0.15, 0.2) is 0 Å². The van der Waals surface area contributed by atoms with Gasteiger partial charge in [0.1, 0.15) is 5.75 Å². The molecule has 156 valence electrons. The third kappa shape index (κ3) is 5.16. The van der Waals surface area contributed by atoms with Gasteiger partial charge in [-0.3, -0.25) is 4.79 Å². The molecular weight excluding hydrogens is 388 g/mol. The van der Waals surface area contributed by atoms with Crippen molar-refractivity contribution in [2.45, 2.75) is 31.2 Å². The zero-order valence-electron chi connectivity index (χ0n) is 17.0.